The van der Waals surface area contributed by atoms with Crippen LogP contribution >= 0.6 is 0 Å². The number of nitrogens with zero attached hydrogens (tertiary/aromatic N) is 2. The molecule has 42 heavy (non-hydrogen) atoms. The van der Waals surface area contributed by atoms with Gasteiger partial charge in [-0.15, -0.1) is 0 Å². The van der Waals surface area contributed by atoms with Crippen molar-refractivity contribution in [3.63, 3.8) is 0 Å². The van der Waals surface area contributed by atoms with Crippen LogP contribution in [0.3, 0.4) is 0 Å². The van der Waals surface area contributed by atoms with E-state index in [1.807, 2.05) is 36.4 Å². The Balaban J connectivity index is 1.53. The fraction of sp³-hybridized carbons (Fsp3) is 0.300. The number of carbonyl (C=O) groups excluding carboxylic acids is 2. The summed E-state index contributed by atoms with van der Waals surface area (Å²) >= 11 is 0. The number of hydrogen-bond acceptors (Lipinski definition) is 5. The molecule has 0 bridgehead atoms. The average Bonchev–Trinajstić information content (AvgIpc) is 3.08. The maximum absolute atomic E-state index is 14.0. The number of nitrogens with one attached hydrogen (secondary N) is 2. The van der Waals surface area contributed by atoms with E-state index in [0.717, 1.165) is 12.1 Å². The van der Waals surface area contributed by atoms with E-state index in [1.165, 1.54) is 11.0 Å². The van der Waals surface area contributed by atoms with Crippen LogP contribution in [-0.4, -0.2) is 44.7 Å². The zero-order chi connectivity index (χ0) is 30.1. The fourth-order valence-corrected chi connectivity index (χ4v) is 7.14. The Bertz CT molecular complexity index is 1640. The first-order valence-electron chi connectivity index (χ1n) is 13.4. The van der Waals surface area contributed by atoms with E-state index in [-0.39, 0.29) is 12.8 Å². The van der Waals surface area contributed by atoms with Gasteiger partial charge in [-0.2, -0.15) is 17.9 Å². The van der Waals surface area contributed by atoms with Crippen LogP contribution in [0.5, 0.6) is 0 Å². The van der Waals surface area contributed by atoms with Crippen molar-refractivity contribution in [3.05, 3.63) is 95.6 Å². The smallest absolute Gasteiger partial charge is 0.325 e. The number of fused-ring (bicyclic) bond motifs is 1. The number of halogens is 3. The van der Waals surface area contributed by atoms with Gasteiger partial charge in [0.25, 0.3) is 5.91 Å². The molecule has 1 fully saturated rings. The predicted octanol–water partition coefficient (Wildman–Crippen LogP) is 4.64. The van der Waals surface area contributed by atoms with E-state index < -0.39 is 50.2 Å². The number of carbonyl (C=O) groups is 2. The van der Waals surface area contributed by atoms with Crippen LogP contribution < -0.4 is 14.9 Å². The first-order chi connectivity index (χ1) is 19.9. The number of rotatable bonds is 6. The van der Waals surface area contributed by atoms with Gasteiger partial charge in [0, 0.05) is 18.2 Å². The minimum atomic E-state index is -4.93. The number of sulfonamides is 1. The summed E-state index contributed by atoms with van der Waals surface area (Å²) in [5.74, 6) is -1.39. The fourth-order valence-electron chi connectivity index (χ4n) is 5.48. The van der Waals surface area contributed by atoms with Gasteiger partial charge in [0.05, 0.1) is 21.9 Å². The number of alkyl halides is 3. The van der Waals surface area contributed by atoms with Gasteiger partial charge in [-0.05, 0) is 31.0 Å². The lowest BCUT2D eigenvalue weighted by Crippen LogP contribution is -2.62. The van der Waals surface area contributed by atoms with Crippen molar-refractivity contribution in [1.29, 1.82) is 0 Å². The SMILES string of the molecule is CN1C(=O)C(NC(=O)C2(NS(=O)(=O)c3ccccc3C(F)(F)F)CCCCC2)N=C(c2ccccc2)c2ccccc21. The molecule has 5 rings (SSSR count). The van der Waals surface area contributed by atoms with E-state index in [2.05, 4.69) is 15.0 Å². The molecule has 2 aliphatic rings. The van der Waals surface area contributed by atoms with E-state index >= 15 is 0 Å². The Morgan fingerprint density at radius 3 is 2.24 bits per heavy atom. The van der Waals surface area contributed by atoms with Crippen molar-refractivity contribution in [3.8, 4) is 0 Å². The number of benzodiazepines with no additional fused rings is 1. The molecule has 3 aromatic carbocycles. The summed E-state index contributed by atoms with van der Waals surface area (Å²) in [6, 6.07) is 20.1. The third kappa shape index (κ3) is 5.68. The van der Waals surface area contributed by atoms with Crippen molar-refractivity contribution in [2.24, 2.45) is 4.99 Å². The number of likely N-dealkylation sites (N-methyl/N-ethyl adjacent to an activating group) is 1. The first-order valence-corrected chi connectivity index (χ1v) is 14.9. The lowest BCUT2D eigenvalue weighted by atomic mass is 9.82. The Kier molecular flexibility index (Phi) is 7.95. The van der Waals surface area contributed by atoms with E-state index in [4.69, 9.17) is 0 Å². The third-order valence-electron chi connectivity index (χ3n) is 7.61. The standard InChI is InChI=1S/C30H29F3N4O4S/c1-37-23-16-8-6-14-21(23)25(20-12-4-2-5-13-20)34-26(27(37)38)35-28(39)29(18-10-3-11-19-29)36-42(40,41)24-17-9-7-15-22(24)30(31,32)33/h2,4-9,12-17,26,36H,3,10-11,18-19H2,1H3,(H,35,39). The molecule has 220 valence electrons. The van der Waals surface area contributed by atoms with Gasteiger partial charge >= 0.3 is 6.18 Å². The van der Waals surface area contributed by atoms with Crippen LogP contribution in [0.15, 0.2) is 88.8 Å². The van der Waals surface area contributed by atoms with Crippen LogP contribution in [0.4, 0.5) is 18.9 Å². The monoisotopic (exact) mass is 598 g/mol. The molecule has 2 N–H and O–H groups in total. The maximum Gasteiger partial charge on any atom is 0.417 e. The second-order valence-corrected chi connectivity index (χ2v) is 12.0. The average molecular weight is 599 g/mol. The van der Waals surface area contributed by atoms with Crippen LogP contribution in [0.1, 0.15) is 48.8 Å². The minimum absolute atomic E-state index is 0.0402. The molecular formula is C30H29F3N4O4S. The molecule has 1 heterocycles. The highest BCUT2D eigenvalue weighted by atomic mass is 32.2. The van der Waals surface area contributed by atoms with Gasteiger partial charge in [0.2, 0.25) is 22.1 Å². The van der Waals surface area contributed by atoms with Gasteiger partial charge in [-0.3, -0.25) is 9.59 Å². The normalized spacial score (nSPS) is 19.0. The summed E-state index contributed by atoms with van der Waals surface area (Å²) in [5.41, 5.74) is -0.738. The quantitative estimate of drug-likeness (QED) is 0.431. The van der Waals surface area contributed by atoms with Gasteiger partial charge in [-0.25, -0.2) is 13.4 Å². The van der Waals surface area contributed by atoms with Crippen LogP contribution in [-0.2, 0) is 25.8 Å². The zero-order valence-corrected chi connectivity index (χ0v) is 23.5. The largest absolute Gasteiger partial charge is 0.417 e. The van der Waals surface area contributed by atoms with Crippen molar-refractivity contribution in [1.82, 2.24) is 10.0 Å². The second-order valence-electron chi connectivity index (χ2n) is 10.4. The van der Waals surface area contributed by atoms with E-state index in [0.29, 0.717) is 47.9 Å². The summed E-state index contributed by atoms with van der Waals surface area (Å²) in [6.07, 6.45) is -4.64. The van der Waals surface area contributed by atoms with Crippen molar-refractivity contribution < 1.29 is 31.2 Å². The molecule has 0 saturated heterocycles. The van der Waals surface area contributed by atoms with Gasteiger partial charge in [0.15, 0.2) is 0 Å². The van der Waals surface area contributed by atoms with Crippen LogP contribution in [0, 0.1) is 0 Å². The molecule has 1 aliphatic carbocycles. The van der Waals surface area contributed by atoms with Gasteiger partial charge in [-0.1, -0.05) is 79.9 Å². The summed E-state index contributed by atoms with van der Waals surface area (Å²) in [5, 5.41) is 2.64. The minimum Gasteiger partial charge on any atom is -0.325 e. The summed E-state index contributed by atoms with van der Waals surface area (Å²) in [6.45, 7) is 0. The van der Waals surface area contributed by atoms with Crippen molar-refractivity contribution in [2.75, 3.05) is 11.9 Å². The topological polar surface area (TPSA) is 108 Å². The number of benzene rings is 3. The number of amides is 2. The lowest BCUT2D eigenvalue weighted by Gasteiger charge is -2.37. The molecule has 1 saturated carbocycles. The van der Waals surface area contributed by atoms with Crippen molar-refractivity contribution >= 4 is 33.2 Å². The Morgan fingerprint density at radius 1 is 0.929 bits per heavy atom. The highest BCUT2D eigenvalue weighted by Crippen LogP contribution is 2.36. The zero-order valence-electron chi connectivity index (χ0n) is 22.7. The summed E-state index contributed by atoms with van der Waals surface area (Å²) in [4.78, 5) is 32.6. The molecule has 0 spiro atoms. The lowest BCUT2D eigenvalue weighted by molar-refractivity contribution is -0.139. The molecule has 1 unspecified atom stereocenters. The third-order valence-corrected chi connectivity index (χ3v) is 9.21. The summed E-state index contributed by atoms with van der Waals surface area (Å²) < 4.78 is 70.3. The highest BCUT2D eigenvalue weighted by Gasteiger charge is 2.46. The van der Waals surface area contributed by atoms with E-state index in [1.54, 1.807) is 25.2 Å². The molecule has 1 aliphatic heterocycles. The highest BCUT2D eigenvalue weighted by molar-refractivity contribution is 7.89. The van der Waals surface area contributed by atoms with Crippen molar-refractivity contribution in [2.45, 2.75) is 54.9 Å². The second kappa shape index (κ2) is 11.3. The molecule has 8 nitrogen and oxygen atoms in total. The molecule has 0 radical (unpaired) electrons. The molecule has 12 heteroatoms. The molecule has 3 aromatic rings. The first kappa shape index (κ1) is 29.5. The van der Waals surface area contributed by atoms with Crippen LogP contribution in [0.2, 0.25) is 0 Å². The predicted molar refractivity (Wildman–Crippen MR) is 151 cm³/mol. The van der Waals surface area contributed by atoms with E-state index in [9.17, 15) is 31.2 Å². The molecule has 0 aromatic heterocycles. The Hall–Kier alpha value is -4.03. The number of hydrogen-bond donors (Lipinski definition) is 2. The summed E-state index contributed by atoms with van der Waals surface area (Å²) in [7, 11) is -3.26. The van der Waals surface area contributed by atoms with Crippen LogP contribution in [0.25, 0.3) is 0 Å². The Morgan fingerprint density at radius 2 is 1.55 bits per heavy atom. The number of anilines is 1. The Labute approximate surface area is 241 Å². The number of aliphatic imine (C=N–C) groups is 1. The van der Waals surface area contributed by atoms with Gasteiger partial charge < -0.3 is 10.2 Å². The maximum atomic E-state index is 14.0. The molecule has 2 amide bonds. The molecular weight excluding hydrogens is 569 g/mol. The number of para-hydroxylation sites is 1. The molecule has 1 atom stereocenters. The van der Waals surface area contributed by atoms with Gasteiger partial charge in [0.1, 0.15) is 5.54 Å².